The van der Waals surface area contributed by atoms with Crippen LogP contribution in [0.2, 0.25) is 0 Å². The van der Waals surface area contributed by atoms with Gasteiger partial charge in [0.15, 0.2) is 0 Å². The molecule has 1 heterocycles. The fraction of sp³-hybridized carbons (Fsp3) is 0.273. The number of hydrogen-bond acceptors (Lipinski definition) is 4. The third kappa shape index (κ3) is 3.64. The maximum Gasteiger partial charge on any atom is 0.252 e. The Bertz CT molecular complexity index is 965. The molecule has 1 fully saturated rings. The number of ether oxygens (including phenoxy) is 1. The van der Waals surface area contributed by atoms with Crippen LogP contribution in [0.25, 0.3) is 22.2 Å². The molecular weight excluding hydrogens is 338 g/mol. The van der Waals surface area contributed by atoms with Crippen LogP contribution in [-0.2, 0) is 0 Å². The highest BCUT2D eigenvalue weighted by Crippen LogP contribution is 2.33. The van der Waals surface area contributed by atoms with E-state index in [9.17, 15) is 4.79 Å². The summed E-state index contributed by atoms with van der Waals surface area (Å²) >= 11 is 0. The highest BCUT2D eigenvalue weighted by atomic mass is 16.5. The maximum atomic E-state index is 13.0. The van der Waals surface area contributed by atoms with Crippen LogP contribution in [0.3, 0.4) is 0 Å². The van der Waals surface area contributed by atoms with Crippen LogP contribution in [-0.4, -0.2) is 30.6 Å². The van der Waals surface area contributed by atoms with E-state index < -0.39 is 0 Å². The van der Waals surface area contributed by atoms with Crippen molar-refractivity contribution in [2.24, 2.45) is 11.7 Å². The van der Waals surface area contributed by atoms with Crippen LogP contribution in [0, 0.1) is 5.92 Å². The van der Waals surface area contributed by atoms with Crippen molar-refractivity contribution >= 4 is 16.8 Å². The Labute approximate surface area is 158 Å². The molecule has 3 aromatic rings. The van der Waals surface area contributed by atoms with Crippen LogP contribution in [0.4, 0.5) is 0 Å². The van der Waals surface area contributed by atoms with Crippen molar-refractivity contribution in [2.45, 2.75) is 18.9 Å². The number of nitrogens with one attached hydrogen (secondary N) is 1. The molecule has 4 rings (SSSR count). The molecule has 3 N–H and O–H groups in total. The van der Waals surface area contributed by atoms with Crippen LogP contribution in [0.15, 0.2) is 54.6 Å². The molecule has 0 aliphatic heterocycles. The van der Waals surface area contributed by atoms with Crippen molar-refractivity contribution in [2.75, 3.05) is 13.7 Å². The molecule has 0 saturated heterocycles. The number of rotatable bonds is 6. The van der Waals surface area contributed by atoms with E-state index in [-0.39, 0.29) is 11.9 Å². The Kier molecular flexibility index (Phi) is 4.77. The van der Waals surface area contributed by atoms with Crippen molar-refractivity contribution in [1.82, 2.24) is 10.3 Å². The number of nitrogens with zero attached hydrogens (tertiary/aromatic N) is 1. The van der Waals surface area contributed by atoms with E-state index in [1.165, 1.54) is 0 Å². The molecule has 1 aliphatic rings. The van der Waals surface area contributed by atoms with E-state index in [0.29, 0.717) is 18.0 Å². The van der Waals surface area contributed by atoms with E-state index in [1.807, 2.05) is 54.6 Å². The van der Waals surface area contributed by atoms with Gasteiger partial charge in [0.05, 0.1) is 23.9 Å². The maximum absolute atomic E-state index is 13.0. The molecule has 5 heteroatoms. The summed E-state index contributed by atoms with van der Waals surface area (Å²) in [4.78, 5) is 17.8. The zero-order valence-electron chi connectivity index (χ0n) is 15.3. The second-order valence-corrected chi connectivity index (χ2v) is 6.95. The molecule has 1 saturated carbocycles. The number of methoxy groups -OCH3 is 1. The first-order valence-electron chi connectivity index (χ1n) is 9.24. The van der Waals surface area contributed by atoms with Crippen molar-refractivity contribution < 1.29 is 9.53 Å². The number of nitrogens with two attached hydrogens (primary N) is 1. The Morgan fingerprint density at radius 3 is 2.63 bits per heavy atom. The molecule has 5 nitrogen and oxygen atoms in total. The minimum atomic E-state index is -0.0919. The monoisotopic (exact) mass is 361 g/mol. The molecule has 1 aliphatic carbocycles. The number of hydrogen-bond donors (Lipinski definition) is 2. The van der Waals surface area contributed by atoms with Crippen LogP contribution in [0.5, 0.6) is 5.75 Å². The molecule has 0 bridgehead atoms. The lowest BCUT2D eigenvalue weighted by atomic mass is 10.0. The fourth-order valence-corrected chi connectivity index (χ4v) is 3.39. The van der Waals surface area contributed by atoms with Gasteiger partial charge < -0.3 is 15.8 Å². The number of aromatic nitrogens is 1. The molecule has 1 amide bonds. The largest absolute Gasteiger partial charge is 0.497 e. The molecule has 0 radical (unpaired) electrons. The number of benzene rings is 2. The first-order valence-corrected chi connectivity index (χ1v) is 9.24. The zero-order chi connectivity index (χ0) is 18.8. The lowest BCUT2D eigenvalue weighted by Crippen LogP contribution is -2.41. The van der Waals surface area contributed by atoms with Crippen LogP contribution < -0.4 is 15.8 Å². The second-order valence-electron chi connectivity index (χ2n) is 6.95. The average Bonchev–Trinajstić information content (AvgIpc) is 3.56. The van der Waals surface area contributed by atoms with Gasteiger partial charge in [-0.25, -0.2) is 4.98 Å². The van der Waals surface area contributed by atoms with Gasteiger partial charge in [-0.2, -0.15) is 0 Å². The van der Waals surface area contributed by atoms with Gasteiger partial charge in [-0.3, -0.25) is 4.79 Å². The van der Waals surface area contributed by atoms with E-state index in [4.69, 9.17) is 15.5 Å². The van der Waals surface area contributed by atoms with Crippen LogP contribution in [0.1, 0.15) is 23.2 Å². The highest BCUT2D eigenvalue weighted by Gasteiger charge is 2.31. The summed E-state index contributed by atoms with van der Waals surface area (Å²) in [5.41, 5.74) is 8.99. The number of carbonyl (C=O) groups is 1. The number of fused-ring (bicyclic) bond motifs is 1. The molecule has 2 aromatic carbocycles. The number of carbonyl (C=O) groups excluding carboxylic acids is 1. The van der Waals surface area contributed by atoms with E-state index >= 15 is 0 Å². The third-order valence-electron chi connectivity index (χ3n) is 5.11. The normalized spacial score (nSPS) is 14.7. The topological polar surface area (TPSA) is 77.2 Å². The SMILES string of the molecule is COc1ccc(-c2cc(C(=O)NC(CN)C3CC3)c3ccccc3n2)cc1. The molecule has 1 aromatic heterocycles. The summed E-state index contributed by atoms with van der Waals surface area (Å²) in [5, 5.41) is 3.97. The van der Waals surface area contributed by atoms with Crippen LogP contribution >= 0.6 is 0 Å². The van der Waals surface area contributed by atoms with Gasteiger partial charge in [0.2, 0.25) is 0 Å². The third-order valence-corrected chi connectivity index (χ3v) is 5.11. The molecule has 138 valence electrons. The predicted octanol–water partition coefficient (Wildman–Crippen LogP) is 3.38. The number of pyridine rings is 1. The van der Waals surface area contributed by atoms with Gasteiger partial charge in [0.1, 0.15) is 5.75 Å². The van der Waals surface area contributed by atoms with Gasteiger partial charge in [0.25, 0.3) is 5.91 Å². The van der Waals surface area contributed by atoms with Gasteiger partial charge in [-0.1, -0.05) is 18.2 Å². The summed E-state index contributed by atoms with van der Waals surface area (Å²) in [7, 11) is 1.64. The molecule has 0 spiro atoms. The minimum absolute atomic E-state index is 0.0360. The summed E-state index contributed by atoms with van der Waals surface area (Å²) in [6, 6.07) is 17.3. The Morgan fingerprint density at radius 1 is 1.22 bits per heavy atom. The van der Waals surface area contributed by atoms with E-state index in [2.05, 4.69) is 5.32 Å². The lowest BCUT2D eigenvalue weighted by molar-refractivity contribution is 0.0935. The summed E-state index contributed by atoms with van der Waals surface area (Å²) in [6.07, 6.45) is 2.27. The first-order chi connectivity index (χ1) is 13.2. The Morgan fingerprint density at radius 2 is 1.96 bits per heavy atom. The quantitative estimate of drug-likeness (QED) is 0.706. The standard InChI is InChI=1S/C22H23N3O2/c1-27-16-10-8-14(9-11-16)20-12-18(17-4-2-3-5-19(17)24-20)22(26)25-21(13-23)15-6-7-15/h2-5,8-12,15,21H,6-7,13,23H2,1H3,(H,25,26). The smallest absolute Gasteiger partial charge is 0.252 e. The molecule has 27 heavy (non-hydrogen) atoms. The first kappa shape index (κ1) is 17.5. The summed E-state index contributed by atoms with van der Waals surface area (Å²) in [6.45, 7) is 0.463. The van der Waals surface area contributed by atoms with Gasteiger partial charge in [-0.05, 0) is 55.2 Å². The predicted molar refractivity (Wildman–Crippen MR) is 107 cm³/mol. The minimum Gasteiger partial charge on any atom is -0.497 e. The van der Waals surface area contributed by atoms with E-state index in [0.717, 1.165) is 40.8 Å². The van der Waals surface area contributed by atoms with Crippen molar-refractivity contribution in [3.8, 4) is 17.0 Å². The average molecular weight is 361 g/mol. The number of para-hydroxylation sites is 1. The summed E-state index contributed by atoms with van der Waals surface area (Å²) < 4.78 is 5.23. The Balaban J connectivity index is 1.74. The molecule has 1 atom stereocenters. The lowest BCUT2D eigenvalue weighted by Gasteiger charge is -2.17. The highest BCUT2D eigenvalue weighted by molar-refractivity contribution is 6.07. The van der Waals surface area contributed by atoms with Gasteiger partial charge in [0, 0.05) is 23.5 Å². The second kappa shape index (κ2) is 7.37. The molecular formula is C22H23N3O2. The van der Waals surface area contributed by atoms with Crippen molar-refractivity contribution in [3.63, 3.8) is 0 Å². The number of amides is 1. The summed E-state index contributed by atoms with van der Waals surface area (Å²) in [5.74, 6) is 1.20. The van der Waals surface area contributed by atoms with E-state index in [1.54, 1.807) is 7.11 Å². The van der Waals surface area contributed by atoms with Crippen molar-refractivity contribution in [1.29, 1.82) is 0 Å². The Hall–Kier alpha value is -2.92. The zero-order valence-corrected chi connectivity index (χ0v) is 15.3. The van der Waals surface area contributed by atoms with Gasteiger partial charge in [-0.15, -0.1) is 0 Å². The van der Waals surface area contributed by atoms with Gasteiger partial charge >= 0.3 is 0 Å². The van der Waals surface area contributed by atoms with Crippen molar-refractivity contribution in [3.05, 3.63) is 60.2 Å². The fourth-order valence-electron chi connectivity index (χ4n) is 3.39. The molecule has 1 unspecified atom stereocenters.